The Morgan fingerprint density at radius 2 is 1.90 bits per heavy atom. The molecule has 0 aliphatic carbocycles. The summed E-state index contributed by atoms with van der Waals surface area (Å²) in [4.78, 5) is 35.7. The van der Waals surface area contributed by atoms with E-state index in [4.69, 9.17) is 0 Å². The molecule has 1 fully saturated rings. The van der Waals surface area contributed by atoms with E-state index in [-0.39, 0.29) is 11.9 Å². The maximum atomic E-state index is 12.7. The van der Waals surface area contributed by atoms with Gasteiger partial charge >= 0.3 is 0 Å². The van der Waals surface area contributed by atoms with Crippen LogP contribution in [-0.2, 0) is 0 Å². The lowest BCUT2D eigenvalue weighted by atomic mass is 10.1. The third-order valence-electron chi connectivity index (χ3n) is 5.36. The number of benzene rings is 1. The smallest absolute Gasteiger partial charge is 0.259 e. The monoisotopic (exact) mass is 431 g/mol. The molecular formula is C22H21N7OS. The average Bonchev–Trinajstić information content (AvgIpc) is 3.34. The molecule has 0 unspecified atom stereocenters. The number of anilines is 2. The van der Waals surface area contributed by atoms with E-state index < -0.39 is 0 Å². The molecule has 156 valence electrons. The van der Waals surface area contributed by atoms with Gasteiger partial charge in [-0.05, 0) is 30.8 Å². The van der Waals surface area contributed by atoms with E-state index in [0.717, 1.165) is 53.3 Å². The fourth-order valence-electron chi connectivity index (χ4n) is 3.51. The molecule has 1 aliphatic rings. The highest BCUT2D eigenvalue weighted by Crippen LogP contribution is 2.26. The average molecular weight is 432 g/mol. The van der Waals surface area contributed by atoms with Crippen LogP contribution in [0, 0.1) is 0 Å². The lowest BCUT2D eigenvalue weighted by Crippen LogP contribution is -2.44. The molecule has 1 aromatic carbocycles. The first-order valence-corrected chi connectivity index (χ1v) is 10.9. The van der Waals surface area contributed by atoms with Crippen LogP contribution in [0.3, 0.4) is 0 Å². The Balaban J connectivity index is 1.31. The standard InChI is InChI=1S/C22H21N7OS/c1-28-6-8-29(9-7-28)20-5-4-17(12-24-20)21(30)27-22-25-11-16-3-2-15(10-18(16)26-22)19-13-23-14-31-19/h2-5,10-14H,6-9H2,1H3,(H,25,26,27,30). The number of hydrogen-bond acceptors (Lipinski definition) is 8. The van der Waals surface area contributed by atoms with Crippen LogP contribution in [0.25, 0.3) is 21.3 Å². The molecule has 0 radical (unpaired) electrons. The van der Waals surface area contributed by atoms with Crippen molar-refractivity contribution in [2.45, 2.75) is 0 Å². The topological polar surface area (TPSA) is 87.1 Å². The fourth-order valence-corrected chi connectivity index (χ4v) is 4.13. The summed E-state index contributed by atoms with van der Waals surface area (Å²) in [5, 5.41) is 3.69. The quantitative estimate of drug-likeness (QED) is 0.531. The molecule has 0 atom stereocenters. The van der Waals surface area contributed by atoms with Crippen molar-refractivity contribution < 1.29 is 4.79 Å². The molecule has 5 rings (SSSR count). The number of fused-ring (bicyclic) bond motifs is 1. The largest absolute Gasteiger partial charge is 0.354 e. The molecule has 3 aromatic heterocycles. The van der Waals surface area contributed by atoms with E-state index in [2.05, 4.69) is 42.1 Å². The number of aromatic nitrogens is 4. The highest BCUT2D eigenvalue weighted by molar-refractivity contribution is 7.13. The summed E-state index contributed by atoms with van der Waals surface area (Å²) < 4.78 is 0. The van der Waals surface area contributed by atoms with Crippen molar-refractivity contribution >= 4 is 39.9 Å². The van der Waals surface area contributed by atoms with Crippen LogP contribution in [0.15, 0.2) is 54.4 Å². The first-order valence-electron chi connectivity index (χ1n) is 10.0. The molecule has 4 heterocycles. The lowest BCUT2D eigenvalue weighted by molar-refractivity contribution is 0.102. The number of thiazole rings is 1. The first-order chi connectivity index (χ1) is 15.2. The van der Waals surface area contributed by atoms with E-state index in [0.29, 0.717) is 5.56 Å². The van der Waals surface area contributed by atoms with Gasteiger partial charge < -0.3 is 9.80 Å². The van der Waals surface area contributed by atoms with Crippen LogP contribution in [0.1, 0.15) is 10.4 Å². The van der Waals surface area contributed by atoms with Crippen molar-refractivity contribution in [1.29, 1.82) is 0 Å². The number of likely N-dealkylation sites (N-methyl/N-ethyl adjacent to an activating group) is 1. The van der Waals surface area contributed by atoms with Crippen molar-refractivity contribution in [3.05, 3.63) is 60.0 Å². The van der Waals surface area contributed by atoms with Crippen molar-refractivity contribution in [2.24, 2.45) is 0 Å². The van der Waals surface area contributed by atoms with Crippen molar-refractivity contribution in [3.63, 3.8) is 0 Å². The van der Waals surface area contributed by atoms with Crippen LogP contribution in [0.5, 0.6) is 0 Å². The molecular weight excluding hydrogens is 410 g/mol. The summed E-state index contributed by atoms with van der Waals surface area (Å²) in [6.07, 6.45) is 5.14. The van der Waals surface area contributed by atoms with Gasteiger partial charge in [0, 0.05) is 50.2 Å². The van der Waals surface area contributed by atoms with Crippen LogP contribution < -0.4 is 10.2 Å². The molecule has 0 bridgehead atoms. The molecule has 1 amide bonds. The summed E-state index contributed by atoms with van der Waals surface area (Å²) in [7, 11) is 2.12. The zero-order valence-electron chi connectivity index (χ0n) is 17.0. The predicted molar refractivity (Wildman–Crippen MR) is 123 cm³/mol. The number of nitrogens with zero attached hydrogens (tertiary/aromatic N) is 6. The second-order valence-corrected chi connectivity index (χ2v) is 8.37. The SMILES string of the molecule is CN1CCN(c2ccc(C(=O)Nc3ncc4ccc(-c5cncs5)cc4n3)cn2)CC1. The minimum absolute atomic E-state index is 0.266. The fraction of sp³-hybridized carbons (Fsp3) is 0.227. The molecule has 0 spiro atoms. The van der Waals surface area contributed by atoms with Crippen molar-refractivity contribution in [1.82, 2.24) is 24.8 Å². The Hall–Kier alpha value is -3.43. The number of pyridine rings is 1. The van der Waals surface area contributed by atoms with Gasteiger partial charge in [-0.2, -0.15) is 0 Å². The number of hydrogen-bond donors (Lipinski definition) is 1. The van der Waals surface area contributed by atoms with E-state index >= 15 is 0 Å². The Kier molecular flexibility index (Phi) is 5.27. The number of amides is 1. The first kappa shape index (κ1) is 19.5. The summed E-state index contributed by atoms with van der Waals surface area (Å²) in [6.45, 7) is 3.88. The number of carbonyl (C=O) groups is 1. The van der Waals surface area contributed by atoms with E-state index in [1.54, 1.807) is 35.3 Å². The molecule has 31 heavy (non-hydrogen) atoms. The van der Waals surface area contributed by atoms with Crippen LogP contribution in [0.2, 0.25) is 0 Å². The van der Waals surface area contributed by atoms with Gasteiger partial charge in [-0.15, -0.1) is 11.3 Å². The van der Waals surface area contributed by atoms with E-state index in [1.807, 2.05) is 30.5 Å². The Labute approximate surface area is 183 Å². The number of nitrogens with one attached hydrogen (secondary N) is 1. The summed E-state index contributed by atoms with van der Waals surface area (Å²) in [5.74, 6) is 0.875. The lowest BCUT2D eigenvalue weighted by Gasteiger charge is -2.33. The molecule has 1 N–H and O–H groups in total. The second kappa shape index (κ2) is 8.37. The normalized spacial score (nSPS) is 14.7. The molecule has 1 saturated heterocycles. The van der Waals surface area contributed by atoms with Gasteiger partial charge in [0.1, 0.15) is 5.82 Å². The van der Waals surface area contributed by atoms with Crippen LogP contribution in [-0.4, -0.2) is 64.0 Å². The van der Waals surface area contributed by atoms with Gasteiger partial charge in [-0.25, -0.2) is 15.0 Å². The third-order valence-corrected chi connectivity index (χ3v) is 6.18. The third kappa shape index (κ3) is 4.23. The Morgan fingerprint density at radius 1 is 1.03 bits per heavy atom. The van der Waals surface area contributed by atoms with Gasteiger partial charge in [-0.3, -0.25) is 15.1 Å². The molecule has 1 aliphatic heterocycles. The van der Waals surface area contributed by atoms with E-state index in [9.17, 15) is 4.79 Å². The van der Waals surface area contributed by atoms with Crippen molar-refractivity contribution in [2.75, 3.05) is 43.4 Å². The number of carbonyl (C=O) groups excluding carboxylic acids is 1. The molecule has 9 heteroatoms. The number of rotatable bonds is 4. The second-order valence-electron chi connectivity index (χ2n) is 7.48. The van der Waals surface area contributed by atoms with Crippen LogP contribution >= 0.6 is 11.3 Å². The van der Waals surface area contributed by atoms with Gasteiger partial charge in [0.2, 0.25) is 5.95 Å². The van der Waals surface area contributed by atoms with Crippen molar-refractivity contribution in [3.8, 4) is 10.4 Å². The van der Waals surface area contributed by atoms with Gasteiger partial charge in [0.25, 0.3) is 5.91 Å². The van der Waals surface area contributed by atoms with E-state index in [1.165, 1.54) is 0 Å². The molecule has 0 saturated carbocycles. The highest BCUT2D eigenvalue weighted by atomic mass is 32.1. The highest BCUT2D eigenvalue weighted by Gasteiger charge is 2.16. The maximum Gasteiger partial charge on any atom is 0.259 e. The van der Waals surface area contributed by atoms with Gasteiger partial charge in [0.05, 0.1) is 21.5 Å². The van der Waals surface area contributed by atoms with Gasteiger partial charge in [-0.1, -0.05) is 12.1 Å². The Morgan fingerprint density at radius 3 is 2.65 bits per heavy atom. The minimum atomic E-state index is -0.282. The van der Waals surface area contributed by atoms with Crippen LogP contribution in [0.4, 0.5) is 11.8 Å². The summed E-state index contributed by atoms with van der Waals surface area (Å²) in [5.41, 5.74) is 4.07. The predicted octanol–water partition coefficient (Wildman–Crippen LogP) is 3.15. The minimum Gasteiger partial charge on any atom is -0.354 e. The maximum absolute atomic E-state index is 12.7. The molecule has 8 nitrogen and oxygen atoms in total. The summed E-state index contributed by atoms with van der Waals surface area (Å²) >= 11 is 1.57. The number of piperazine rings is 1. The van der Waals surface area contributed by atoms with Gasteiger partial charge in [0.15, 0.2) is 0 Å². The zero-order valence-corrected chi connectivity index (χ0v) is 17.8. The molecule has 4 aromatic rings. The Bertz CT molecular complexity index is 1200. The summed E-state index contributed by atoms with van der Waals surface area (Å²) in [6, 6.07) is 9.65. The zero-order chi connectivity index (χ0) is 21.2.